The molecule has 20 heavy (non-hydrogen) atoms. The summed E-state index contributed by atoms with van der Waals surface area (Å²) in [4.78, 5) is 0. The van der Waals surface area contributed by atoms with Crippen LogP contribution in [0.5, 0.6) is 0 Å². The van der Waals surface area contributed by atoms with Crippen LogP contribution in [0.3, 0.4) is 0 Å². The van der Waals surface area contributed by atoms with Gasteiger partial charge in [-0.2, -0.15) is 0 Å². The van der Waals surface area contributed by atoms with Crippen LogP contribution in [-0.4, -0.2) is 0 Å². The molecular formula is C20H36. The fourth-order valence-corrected chi connectivity index (χ4v) is 2.22. The Morgan fingerprint density at radius 1 is 0.550 bits per heavy atom. The van der Waals surface area contributed by atoms with E-state index in [4.69, 9.17) is 0 Å². The maximum atomic E-state index is 2.28. The zero-order valence-electron chi connectivity index (χ0n) is 14.4. The van der Waals surface area contributed by atoms with Gasteiger partial charge in [0.1, 0.15) is 0 Å². The van der Waals surface area contributed by atoms with E-state index in [-0.39, 0.29) is 0 Å². The van der Waals surface area contributed by atoms with Gasteiger partial charge in [-0.3, -0.25) is 0 Å². The molecule has 0 heteroatoms. The van der Waals surface area contributed by atoms with Crippen LogP contribution in [0.4, 0.5) is 0 Å². The highest BCUT2D eigenvalue weighted by Crippen LogP contribution is 2.09. The van der Waals surface area contributed by atoms with Crippen LogP contribution >= 0.6 is 0 Å². The van der Waals surface area contributed by atoms with E-state index >= 15 is 0 Å². The standard InChI is InChI=1S/C12H26.C8H10/c1-3-5-7-9-11-12-10-8-6-4-2;1-7-5-3-4-6-8(7)2/h3-12H2,1-2H3;3-6H,1-2H3. The normalized spacial score (nSPS) is 10.0. The Kier molecular flexibility index (Phi) is 14.1. The van der Waals surface area contributed by atoms with Gasteiger partial charge in [-0.15, -0.1) is 0 Å². The van der Waals surface area contributed by atoms with E-state index in [0.717, 1.165) is 0 Å². The van der Waals surface area contributed by atoms with Crippen molar-refractivity contribution < 1.29 is 0 Å². The number of unbranched alkanes of at least 4 members (excludes halogenated alkanes) is 9. The third kappa shape index (κ3) is 12.3. The molecule has 0 spiro atoms. The Morgan fingerprint density at radius 2 is 0.850 bits per heavy atom. The van der Waals surface area contributed by atoms with E-state index in [1.807, 2.05) is 0 Å². The minimum Gasteiger partial charge on any atom is -0.0654 e. The summed E-state index contributed by atoms with van der Waals surface area (Å²) in [6, 6.07) is 8.36. The summed E-state index contributed by atoms with van der Waals surface area (Å²) < 4.78 is 0. The van der Waals surface area contributed by atoms with Crippen molar-refractivity contribution in [2.45, 2.75) is 91.9 Å². The molecule has 0 N–H and O–H groups in total. The molecule has 0 saturated heterocycles. The molecule has 0 bridgehead atoms. The fourth-order valence-electron chi connectivity index (χ4n) is 2.22. The van der Waals surface area contributed by atoms with Crippen molar-refractivity contribution in [2.75, 3.05) is 0 Å². The molecule has 0 aliphatic carbocycles. The topological polar surface area (TPSA) is 0 Å². The number of rotatable bonds is 9. The first-order valence-electron chi connectivity index (χ1n) is 8.74. The molecule has 0 saturated carbocycles. The highest BCUT2D eigenvalue weighted by Gasteiger charge is 1.90. The van der Waals surface area contributed by atoms with Crippen molar-refractivity contribution in [1.82, 2.24) is 0 Å². The van der Waals surface area contributed by atoms with Crippen LogP contribution < -0.4 is 0 Å². The molecule has 0 heterocycles. The molecular weight excluding hydrogens is 240 g/mol. The van der Waals surface area contributed by atoms with Gasteiger partial charge in [0.2, 0.25) is 0 Å². The van der Waals surface area contributed by atoms with E-state index in [1.165, 1.54) is 75.3 Å². The number of hydrogen-bond acceptors (Lipinski definition) is 0. The van der Waals surface area contributed by atoms with Crippen molar-refractivity contribution in [2.24, 2.45) is 0 Å². The van der Waals surface area contributed by atoms with Crippen LogP contribution in [0.15, 0.2) is 24.3 Å². The SMILES string of the molecule is CCCCCCCCCCCC.Cc1ccccc1C. The second-order valence-corrected chi connectivity index (χ2v) is 5.91. The quantitative estimate of drug-likeness (QED) is 0.417. The van der Waals surface area contributed by atoms with Gasteiger partial charge >= 0.3 is 0 Å². The Morgan fingerprint density at radius 3 is 1.10 bits per heavy atom. The second-order valence-electron chi connectivity index (χ2n) is 5.91. The predicted octanol–water partition coefficient (Wildman–Crippen LogP) is 7.23. The van der Waals surface area contributed by atoms with E-state index < -0.39 is 0 Å². The largest absolute Gasteiger partial charge is 0.0654 e. The molecule has 0 unspecified atom stereocenters. The lowest BCUT2D eigenvalue weighted by atomic mass is 10.1. The van der Waals surface area contributed by atoms with E-state index in [2.05, 4.69) is 52.0 Å². The zero-order chi connectivity index (χ0) is 15.1. The molecule has 0 fully saturated rings. The van der Waals surface area contributed by atoms with Crippen molar-refractivity contribution in [3.8, 4) is 0 Å². The van der Waals surface area contributed by atoms with Crippen molar-refractivity contribution in [3.05, 3.63) is 35.4 Å². The van der Waals surface area contributed by atoms with Crippen LogP contribution in [0.1, 0.15) is 89.2 Å². The molecule has 0 amide bonds. The predicted molar refractivity (Wildman–Crippen MR) is 93.4 cm³/mol. The lowest BCUT2D eigenvalue weighted by molar-refractivity contribution is 0.562. The van der Waals surface area contributed by atoms with Gasteiger partial charge in [-0.1, -0.05) is 102 Å². The van der Waals surface area contributed by atoms with E-state index in [1.54, 1.807) is 0 Å². The molecule has 116 valence electrons. The summed E-state index contributed by atoms with van der Waals surface area (Å²) in [5.41, 5.74) is 2.74. The molecule has 1 aromatic rings. The average molecular weight is 277 g/mol. The third-order valence-electron chi connectivity index (χ3n) is 3.88. The first-order chi connectivity index (χ1) is 9.72. The lowest BCUT2D eigenvalue weighted by Crippen LogP contribution is -1.80. The van der Waals surface area contributed by atoms with Crippen molar-refractivity contribution in [1.29, 1.82) is 0 Å². The third-order valence-corrected chi connectivity index (χ3v) is 3.88. The van der Waals surface area contributed by atoms with Gasteiger partial charge < -0.3 is 0 Å². The number of benzene rings is 1. The first kappa shape index (κ1) is 19.2. The van der Waals surface area contributed by atoms with Gasteiger partial charge in [-0.05, 0) is 25.0 Å². The number of aryl methyl sites for hydroxylation is 2. The average Bonchev–Trinajstić information content (AvgIpc) is 2.46. The summed E-state index contributed by atoms with van der Waals surface area (Å²) in [6.45, 7) is 8.80. The zero-order valence-corrected chi connectivity index (χ0v) is 14.4. The van der Waals surface area contributed by atoms with Crippen LogP contribution in [-0.2, 0) is 0 Å². The van der Waals surface area contributed by atoms with Crippen LogP contribution in [0.2, 0.25) is 0 Å². The smallest absolute Gasteiger partial charge is 0.0395 e. The van der Waals surface area contributed by atoms with E-state index in [9.17, 15) is 0 Å². The molecule has 0 radical (unpaired) electrons. The van der Waals surface area contributed by atoms with E-state index in [0.29, 0.717) is 0 Å². The Balaban J connectivity index is 0.000000388. The molecule has 0 nitrogen and oxygen atoms in total. The fraction of sp³-hybridized carbons (Fsp3) is 0.700. The summed E-state index contributed by atoms with van der Waals surface area (Å²) >= 11 is 0. The molecule has 0 atom stereocenters. The molecule has 0 aliphatic heterocycles. The monoisotopic (exact) mass is 276 g/mol. The maximum Gasteiger partial charge on any atom is -0.0395 e. The molecule has 0 aromatic heterocycles. The molecule has 0 aliphatic rings. The highest BCUT2D eigenvalue weighted by atomic mass is 14.0. The summed E-state index contributed by atoms with van der Waals surface area (Å²) in [7, 11) is 0. The summed E-state index contributed by atoms with van der Waals surface area (Å²) in [5.74, 6) is 0. The van der Waals surface area contributed by atoms with Crippen molar-refractivity contribution >= 4 is 0 Å². The Hall–Kier alpha value is -0.780. The van der Waals surface area contributed by atoms with Crippen LogP contribution in [0, 0.1) is 13.8 Å². The van der Waals surface area contributed by atoms with Gasteiger partial charge in [-0.25, -0.2) is 0 Å². The summed E-state index contributed by atoms with van der Waals surface area (Å²) in [5, 5.41) is 0. The van der Waals surface area contributed by atoms with Crippen LogP contribution in [0.25, 0.3) is 0 Å². The molecule has 1 aromatic carbocycles. The van der Waals surface area contributed by atoms with Gasteiger partial charge in [0.05, 0.1) is 0 Å². The van der Waals surface area contributed by atoms with Crippen molar-refractivity contribution in [3.63, 3.8) is 0 Å². The minimum atomic E-state index is 1.37. The lowest BCUT2D eigenvalue weighted by Gasteiger charge is -1.99. The maximum absolute atomic E-state index is 2.28. The van der Waals surface area contributed by atoms with Gasteiger partial charge in [0, 0.05) is 0 Å². The molecule has 1 rings (SSSR count). The van der Waals surface area contributed by atoms with Gasteiger partial charge in [0.15, 0.2) is 0 Å². The Labute approximate surface area is 128 Å². The summed E-state index contributed by atoms with van der Waals surface area (Å²) in [6.07, 6.45) is 14.4. The Bertz CT molecular complexity index is 270. The van der Waals surface area contributed by atoms with Gasteiger partial charge in [0.25, 0.3) is 0 Å². The second kappa shape index (κ2) is 14.6. The minimum absolute atomic E-state index is 1.37. The number of hydrogen-bond donors (Lipinski definition) is 0. The highest BCUT2D eigenvalue weighted by molar-refractivity contribution is 5.23. The first-order valence-corrected chi connectivity index (χ1v) is 8.74.